The molecule has 1 N–H and O–H groups in total. The second-order valence-corrected chi connectivity index (χ2v) is 4.72. The SMILES string of the molecule is COc1ccc(Cl)cc1C(O)c1cccc(Cl)c1. The minimum atomic E-state index is -0.822. The fraction of sp³-hybridized carbons (Fsp3) is 0.143. The van der Waals surface area contributed by atoms with Gasteiger partial charge in [-0.25, -0.2) is 0 Å². The number of benzene rings is 2. The van der Waals surface area contributed by atoms with Crippen LogP contribution in [0.5, 0.6) is 5.75 Å². The Balaban J connectivity index is 2.44. The van der Waals surface area contributed by atoms with Crippen molar-refractivity contribution in [3.8, 4) is 5.75 Å². The van der Waals surface area contributed by atoms with E-state index >= 15 is 0 Å². The first kappa shape index (κ1) is 13.2. The van der Waals surface area contributed by atoms with E-state index in [1.54, 1.807) is 49.6 Å². The summed E-state index contributed by atoms with van der Waals surface area (Å²) >= 11 is 11.9. The van der Waals surface area contributed by atoms with Gasteiger partial charge in [-0.3, -0.25) is 0 Å². The molecule has 0 aliphatic carbocycles. The van der Waals surface area contributed by atoms with E-state index in [-0.39, 0.29) is 0 Å². The Bertz CT molecular complexity index is 555. The van der Waals surface area contributed by atoms with Gasteiger partial charge in [-0.15, -0.1) is 0 Å². The number of aliphatic hydroxyl groups is 1. The molecule has 0 aliphatic heterocycles. The van der Waals surface area contributed by atoms with Gasteiger partial charge in [0.15, 0.2) is 0 Å². The molecule has 94 valence electrons. The molecule has 2 rings (SSSR count). The maximum Gasteiger partial charge on any atom is 0.125 e. The highest BCUT2D eigenvalue weighted by atomic mass is 35.5. The van der Waals surface area contributed by atoms with E-state index in [0.29, 0.717) is 26.9 Å². The Morgan fingerprint density at radius 1 is 1.06 bits per heavy atom. The molecule has 2 aromatic rings. The van der Waals surface area contributed by atoms with Crippen LogP contribution in [0.2, 0.25) is 10.0 Å². The predicted molar refractivity (Wildman–Crippen MR) is 73.5 cm³/mol. The van der Waals surface area contributed by atoms with Crippen LogP contribution in [0.4, 0.5) is 0 Å². The Hall–Kier alpha value is -1.22. The average Bonchev–Trinajstić information content (AvgIpc) is 2.38. The normalized spacial score (nSPS) is 12.2. The third kappa shape index (κ3) is 2.78. The highest BCUT2D eigenvalue weighted by molar-refractivity contribution is 6.31. The highest BCUT2D eigenvalue weighted by Crippen LogP contribution is 2.32. The van der Waals surface area contributed by atoms with Gasteiger partial charge in [-0.05, 0) is 35.9 Å². The topological polar surface area (TPSA) is 29.5 Å². The number of ether oxygens (including phenoxy) is 1. The fourth-order valence-corrected chi connectivity index (χ4v) is 2.15. The first-order valence-electron chi connectivity index (χ1n) is 5.39. The van der Waals surface area contributed by atoms with Crippen LogP contribution < -0.4 is 4.74 Å². The number of hydrogen-bond donors (Lipinski definition) is 1. The Kier molecular flexibility index (Phi) is 4.12. The third-order valence-corrected chi connectivity index (χ3v) is 3.12. The summed E-state index contributed by atoms with van der Waals surface area (Å²) in [5.41, 5.74) is 1.32. The summed E-state index contributed by atoms with van der Waals surface area (Å²) in [6.45, 7) is 0. The molecule has 18 heavy (non-hydrogen) atoms. The molecule has 0 aromatic heterocycles. The summed E-state index contributed by atoms with van der Waals surface area (Å²) in [6.07, 6.45) is -0.822. The number of methoxy groups -OCH3 is 1. The second kappa shape index (κ2) is 5.61. The molecule has 0 saturated heterocycles. The molecule has 0 fully saturated rings. The summed E-state index contributed by atoms with van der Waals surface area (Å²) < 4.78 is 5.22. The first-order chi connectivity index (χ1) is 8.61. The van der Waals surface area contributed by atoms with Crippen LogP contribution in [-0.4, -0.2) is 12.2 Å². The van der Waals surface area contributed by atoms with E-state index in [4.69, 9.17) is 27.9 Å². The van der Waals surface area contributed by atoms with Crippen molar-refractivity contribution in [2.45, 2.75) is 6.10 Å². The zero-order valence-electron chi connectivity index (χ0n) is 9.73. The lowest BCUT2D eigenvalue weighted by Gasteiger charge is -2.15. The van der Waals surface area contributed by atoms with Crippen LogP contribution in [0, 0.1) is 0 Å². The molecule has 0 bridgehead atoms. The smallest absolute Gasteiger partial charge is 0.125 e. The van der Waals surface area contributed by atoms with Gasteiger partial charge in [0.05, 0.1) is 7.11 Å². The van der Waals surface area contributed by atoms with Crippen molar-refractivity contribution in [3.05, 3.63) is 63.6 Å². The van der Waals surface area contributed by atoms with Gasteiger partial charge in [-0.2, -0.15) is 0 Å². The van der Waals surface area contributed by atoms with Gasteiger partial charge in [0.2, 0.25) is 0 Å². The highest BCUT2D eigenvalue weighted by Gasteiger charge is 2.16. The third-order valence-electron chi connectivity index (χ3n) is 2.65. The molecular weight excluding hydrogens is 271 g/mol. The van der Waals surface area contributed by atoms with E-state index in [1.807, 2.05) is 0 Å². The lowest BCUT2D eigenvalue weighted by molar-refractivity contribution is 0.215. The monoisotopic (exact) mass is 282 g/mol. The Labute approximate surface area is 116 Å². The van der Waals surface area contributed by atoms with Gasteiger partial charge in [0.25, 0.3) is 0 Å². The molecule has 2 nitrogen and oxygen atoms in total. The van der Waals surface area contributed by atoms with Gasteiger partial charge < -0.3 is 9.84 Å². The van der Waals surface area contributed by atoms with Crippen molar-refractivity contribution in [2.75, 3.05) is 7.11 Å². The summed E-state index contributed by atoms with van der Waals surface area (Å²) in [6, 6.07) is 12.2. The average molecular weight is 283 g/mol. The van der Waals surface area contributed by atoms with Crippen molar-refractivity contribution in [2.24, 2.45) is 0 Å². The van der Waals surface area contributed by atoms with Crippen molar-refractivity contribution in [3.63, 3.8) is 0 Å². The largest absolute Gasteiger partial charge is 0.496 e. The summed E-state index contributed by atoms with van der Waals surface area (Å²) in [7, 11) is 1.55. The zero-order chi connectivity index (χ0) is 13.1. The lowest BCUT2D eigenvalue weighted by atomic mass is 10.0. The Morgan fingerprint density at radius 2 is 1.78 bits per heavy atom. The number of rotatable bonds is 3. The molecular formula is C14H12Cl2O2. The predicted octanol–water partition coefficient (Wildman–Crippen LogP) is 4.08. The van der Waals surface area contributed by atoms with Crippen LogP contribution in [0.25, 0.3) is 0 Å². The minimum Gasteiger partial charge on any atom is -0.496 e. The van der Waals surface area contributed by atoms with Crippen molar-refractivity contribution in [1.29, 1.82) is 0 Å². The fourth-order valence-electron chi connectivity index (χ4n) is 1.78. The molecule has 0 saturated carbocycles. The maximum absolute atomic E-state index is 10.4. The summed E-state index contributed by atoms with van der Waals surface area (Å²) in [5.74, 6) is 0.590. The van der Waals surface area contributed by atoms with Gasteiger partial charge >= 0.3 is 0 Å². The van der Waals surface area contributed by atoms with E-state index in [9.17, 15) is 5.11 Å². The van der Waals surface area contributed by atoms with Gasteiger partial charge in [0.1, 0.15) is 11.9 Å². The second-order valence-electron chi connectivity index (χ2n) is 3.84. The molecule has 0 heterocycles. The van der Waals surface area contributed by atoms with E-state index in [2.05, 4.69) is 0 Å². The quantitative estimate of drug-likeness (QED) is 0.919. The number of aliphatic hydroxyl groups excluding tert-OH is 1. The van der Waals surface area contributed by atoms with E-state index in [1.165, 1.54) is 0 Å². The molecule has 4 heteroatoms. The zero-order valence-corrected chi connectivity index (χ0v) is 11.2. The molecule has 0 spiro atoms. The van der Waals surface area contributed by atoms with Crippen LogP contribution in [-0.2, 0) is 0 Å². The van der Waals surface area contributed by atoms with Crippen LogP contribution in [0.3, 0.4) is 0 Å². The lowest BCUT2D eigenvalue weighted by Crippen LogP contribution is -2.02. The molecule has 0 radical (unpaired) electrons. The van der Waals surface area contributed by atoms with Crippen molar-refractivity contribution >= 4 is 23.2 Å². The van der Waals surface area contributed by atoms with E-state index < -0.39 is 6.10 Å². The molecule has 1 atom stereocenters. The molecule has 2 aromatic carbocycles. The van der Waals surface area contributed by atoms with Gasteiger partial charge in [-0.1, -0.05) is 35.3 Å². The van der Waals surface area contributed by atoms with Crippen LogP contribution in [0.15, 0.2) is 42.5 Å². The standard InChI is InChI=1S/C14H12Cl2O2/c1-18-13-6-5-11(16)8-12(13)14(17)9-3-2-4-10(15)7-9/h2-8,14,17H,1H3. The maximum atomic E-state index is 10.4. The number of halogens is 2. The molecule has 1 unspecified atom stereocenters. The van der Waals surface area contributed by atoms with Crippen molar-refractivity contribution < 1.29 is 9.84 Å². The van der Waals surface area contributed by atoms with Gasteiger partial charge in [0, 0.05) is 15.6 Å². The number of hydrogen-bond acceptors (Lipinski definition) is 2. The minimum absolute atomic E-state index is 0.548. The summed E-state index contributed by atoms with van der Waals surface area (Å²) in [5, 5.41) is 11.5. The first-order valence-corrected chi connectivity index (χ1v) is 6.14. The van der Waals surface area contributed by atoms with Crippen LogP contribution in [0.1, 0.15) is 17.2 Å². The van der Waals surface area contributed by atoms with Crippen LogP contribution >= 0.6 is 23.2 Å². The van der Waals surface area contributed by atoms with Crippen molar-refractivity contribution in [1.82, 2.24) is 0 Å². The van der Waals surface area contributed by atoms with E-state index in [0.717, 1.165) is 0 Å². The Morgan fingerprint density at radius 3 is 2.44 bits per heavy atom. The molecule has 0 amide bonds. The molecule has 0 aliphatic rings. The summed E-state index contributed by atoms with van der Waals surface area (Å²) in [4.78, 5) is 0.